The molecule has 1 aromatic rings. The van der Waals surface area contributed by atoms with Gasteiger partial charge in [0.2, 0.25) is 5.91 Å². The van der Waals surface area contributed by atoms with Gasteiger partial charge >= 0.3 is 0 Å². The molecule has 0 aliphatic carbocycles. The van der Waals surface area contributed by atoms with E-state index in [1.807, 2.05) is 12.1 Å². The first-order chi connectivity index (χ1) is 12.2. The summed E-state index contributed by atoms with van der Waals surface area (Å²) >= 11 is 0. The standard InChI is InChI=1S/C20H31N3O2/c1-3-13-22(14-4-2)15-6-12-21-20(25)17-8-10-18(11-9-17)23-16-5-7-19(23)24/h8-11H,3-7,12-16H2,1-2H3,(H,21,25). The van der Waals surface area contributed by atoms with E-state index in [0.29, 0.717) is 18.5 Å². The molecule has 138 valence electrons. The molecule has 5 nitrogen and oxygen atoms in total. The zero-order chi connectivity index (χ0) is 18.1. The molecule has 1 saturated heterocycles. The molecular formula is C20H31N3O2. The molecule has 0 radical (unpaired) electrons. The fourth-order valence-electron chi connectivity index (χ4n) is 3.29. The Hall–Kier alpha value is -1.88. The number of anilines is 1. The van der Waals surface area contributed by atoms with Crippen molar-refractivity contribution >= 4 is 17.5 Å². The maximum atomic E-state index is 12.2. The van der Waals surface area contributed by atoms with Crippen LogP contribution in [-0.2, 0) is 4.79 Å². The Labute approximate surface area is 151 Å². The van der Waals surface area contributed by atoms with Gasteiger partial charge in [0, 0.05) is 30.8 Å². The summed E-state index contributed by atoms with van der Waals surface area (Å²) in [5, 5.41) is 2.99. The predicted molar refractivity (Wildman–Crippen MR) is 102 cm³/mol. The van der Waals surface area contributed by atoms with Crippen molar-refractivity contribution < 1.29 is 9.59 Å². The highest BCUT2D eigenvalue weighted by Crippen LogP contribution is 2.21. The monoisotopic (exact) mass is 345 g/mol. The molecule has 1 aliphatic rings. The Balaban J connectivity index is 1.76. The van der Waals surface area contributed by atoms with Crippen molar-refractivity contribution in [1.29, 1.82) is 0 Å². The van der Waals surface area contributed by atoms with E-state index >= 15 is 0 Å². The van der Waals surface area contributed by atoms with E-state index in [1.54, 1.807) is 17.0 Å². The van der Waals surface area contributed by atoms with Gasteiger partial charge in [0.05, 0.1) is 0 Å². The van der Waals surface area contributed by atoms with Crippen molar-refractivity contribution in [3.8, 4) is 0 Å². The smallest absolute Gasteiger partial charge is 0.251 e. The Morgan fingerprint density at radius 3 is 2.36 bits per heavy atom. The van der Waals surface area contributed by atoms with Crippen LogP contribution in [0.25, 0.3) is 0 Å². The third-order valence-electron chi connectivity index (χ3n) is 4.53. The summed E-state index contributed by atoms with van der Waals surface area (Å²) in [6.07, 6.45) is 4.83. The van der Waals surface area contributed by atoms with Crippen LogP contribution in [0, 0.1) is 0 Å². The second-order valence-electron chi connectivity index (χ2n) is 6.65. The highest BCUT2D eigenvalue weighted by atomic mass is 16.2. The molecule has 1 aromatic carbocycles. The summed E-state index contributed by atoms with van der Waals surface area (Å²) in [6.45, 7) is 9.13. The molecule has 2 amide bonds. The molecule has 0 aromatic heterocycles. The van der Waals surface area contributed by atoms with Gasteiger partial charge in [0.25, 0.3) is 5.91 Å². The lowest BCUT2D eigenvalue weighted by atomic mass is 10.2. The Kier molecular flexibility index (Phi) is 7.92. The fraction of sp³-hybridized carbons (Fsp3) is 0.600. The van der Waals surface area contributed by atoms with Crippen LogP contribution in [0.5, 0.6) is 0 Å². The lowest BCUT2D eigenvalue weighted by molar-refractivity contribution is -0.117. The maximum absolute atomic E-state index is 12.2. The normalized spacial score (nSPS) is 14.4. The first kappa shape index (κ1) is 19.4. The van der Waals surface area contributed by atoms with Crippen molar-refractivity contribution in [3.05, 3.63) is 29.8 Å². The van der Waals surface area contributed by atoms with Crippen LogP contribution in [0.2, 0.25) is 0 Å². The largest absolute Gasteiger partial charge is 0.352 e. The van der Waals surface area contributed by atoms with E-state index in [1.165, 1.54) is 0 Å². The van der Waals surface area contributed by atoms with E-state index in [-0.39, 0.29) is 11.8 Å². The molecule has 2 rings (SSSR count). The lowest BCUT2D eigenvalue weighted by Gasteiger charge is -2.20. The summed E-state index contributed by atoms with van der Waals surface area (Å²) in [4.78, 5) is 28.2. The number of nitrogens with one attached hydrogen (secondary N) is 1. The van der Waals surface area contributed by atoms with Crippen LogP contribution in [0.15, 0.2) is 24.3 Å². The SMILES string of the molecule is CCCN(CCC)CCCNC(=O)c1ccc(N2CCCC2=O)cc1. The first-order valence-electron chi connectivity index (χ1n) is 9.56. The van der Waals surface area contributed by atoms with Crippen LogP contribution in [0.1, 0.15) is 56.3 Å². The topological polar surface area (TPSA) is 52.7 Å². The van der Waals surface area contributed by atoms with Crippen molar-refractivity contribution in [2.24, 2.45) is 0 Å². The van der Waals surface area contributed by atoms with Crippen molar-refractivity contribution in [2.75, 3.05) is 37.6 Å². The van der Waals surface area contributed by atoms with E-state index in [2.05, 4.69) is 24.1 Å². The molecular weight excluding hydrogens is 314 g/mol. The van der Waals surface area contributed by atoms with Gasteiger partial charge in [-0.2, -0.15) is 0 Å². The third kappa shape index (κ3) is 5.85. The second-order valence-corrected chi connectivity index (χ2v) is 6.65. The molecule has 0 unspecified atom stereocenters. The van der Waals surface area contributed by atoms with E-state index in [9.17, 15) is 9.59 Å². The van der Waals surface area contributed by atoms with E-state index < -0.39 is 0 Å². The van der Waals surface area contributed by atoms with Gasteiger partial charge < -0.3 is 15.1 Å². The number of carbonyl (C=O) groups is 2. The van der Waals surface area contributed by atoms with Gasteiger partial charge in [-0.3, -0.25) is 9.59 Å². The maximum Gasteiger partial charge on any atom is 0.251 e. The Morgan fingerprint density at radius 2 is 1.80 bits per heavy atom. The molecule has 1 aliphatic heterocycles. The van der Waals surface area contributed by atoms with Gasteiger partial charge in [-0.25, -0.2) is 0 Å². The average molecular weight is 345 g/mol. The molecule has 0 atom stereocenters. The Morgan fingerprint density at radius 1 is 1.12 bits per heavy atom. The van der Waals surface area contributed by atoms with Crippen molar-refractivity contribution in [2.45, 2.75) is 46.0 Å². The summed E-state index contributed by atoms with van der Waals surface area (Å²) < 4.78 is 0. The summed E-state index contributed by atoms with van der Waals surface area (Å²) in [6, 6.07) is 7.33. The molecule has 1 heterocycles. The molecule has 0 bridgehead atoms. The minimum Gasteiger partial charge on any atom is -0.352 e. The quantitative estimate of drug-likeness (QED) is 0.663. The highest BCUT2D eigenvalue weighted by molar-refractivity contribution is 5.97. The molecule has 0 spiro atoms. The number of benzene rings is 1. The van der Waals surface area contributed by atoms with Gasteiger partial charge in [0.15, 0.2) is 0 Å². The van der Waals surface area contributed by atoms with E-state index in [0.717, 1.165) is 57.5 Å². The van der Waals surface area contributed by atoms with Gasteiger partial charge in [-0.05, 0) is 69.6 Å². The van der Waals surface area contributed by atoms with Gasteiger partial charge in [-0.15, -0.1) is 0 Å². The number of nitrogens with zero attached hydrogens (tertiary/aromatic N) is 2. The lowest BCUT2D eigenvalue weighted by Crippen LogP contribution is -2.31. The van der Waals surface area contributed by atoms with Gasteiger partial charge in [-0.1, -0.05) is 13.8 Å². The van der Waals surface area contributed by atoms with Crippen LogP contribution in [0.4, 0.5) is 5.69 Å². The molecule has 1 N–H and O–H groups in total. The fourth-order valence-corrected chi connectivity index (χ4v) is 3.29. The molecule has 1 fully saturated rings. The summed E-state index contributed by atoms with van der Waals surface area (Å²) in [5.74, 6) is 0.123. The van der Waals surface area contributed by atoms with Crippen LogP contribution in [0.3, 0.4) is 0 Å². The molecule has 5 heteroatoms. The first-order valence-corrected chi connectivity index (χ1v) is 9.56. The number of carbonyl (C=O) groups excluding carboxylic acids is 2. The average Bonchev–Trinajstić information content (AvgIpc) is 3.05. The number of hydrogen-bond acceptors (Lipinski definition) is 3. The van der Waals surface area contributed by atoms with Crippen molar-refractivity contribution in [1.82, 2.24) is 10.2 Å². The van der Waals surface area contributed by atoms with Crippen molar-refractivity contribution in [3.63, 3.8) is 0 Å². The zero-order valence-electron chi connectivity index (χ0n) is 15.6. The number of rotatable bonds is 10. The minimum atomic E-state index is -0.0446. The summed E-state index contributed by atoms with van der Waals surface area (Å²) in [7, 11) is 0. The van der Waals surface area contributed by atoms with Crippen LogP contribution >= 0.6 is 0 Å². The predicted octanol–water partition coefficient (Wildman–Crippen LogP) is 3.06. The number of amides is 2. The molecule has 25 heavy (non-hydrogen) atoms. The second kappa shape index (κ2) is 10.2. The zero-order valence-corrected chi connectivity index (χ0v) is 15.6. The van der Waals surface area contributed by atoms with Gasteiger partial charge in [0.1, 0.15) is 0 Å². The number of hydrogen-bond donors (Lipinski definition) is 1. The minimum absolute atomic E-state index is 0.0446. The van der Waals surface area contributed by atoms with Crippen LogP contribution < -0.4 is 10.2 Å². The Bertz CT molecular complexity index is 551. The third-order valence-corrected chi connectivity index (χ3v) is 4.53. The van der Waals surface area contributed by atoms with E-state index in [4.69, 9.17) is 0 Å². The molecule has 0 saturated carbocycles. The highest BCUT2D eigenvalue weighted by Gasteiger charge is 2.21. The van der Waals surface area contributed by atoms with Crippen LogP contribution in [-0.4, -0.2) is 49.4 Å². The summed E-state index contributed by atoms with van der Waals surface area (Å²) in [5.41, 5.74) is 1.53.